The Balaban J connectivity index is 2.87. The smallest absolute Gasteiger partial charge is 0.354 e. The molecule has 8 nitrogen and oxygen atoms in total. The van der Waals surface area contributed by atoms with Gasteiger partial charge in [-0.25, -0.2) is 9.78 Å². The third-order valence-corrected chi connectivity index (χ3v) is 2.04. The van der Waals surface area contributed by atoms with E-state index < -0.39 is 18.2 Å². The average Bonchev–Trinajstić information content (AvgIpc) is 2.35. The van der Waals surface area contributed by atoms with Crippen LogP contribution in [0.2, 0.25) is 0 Å². The molecule has 2 atom stereocenters. The summed E-state index contributed by atoms with van der Waals surface area (Å²) in [5, 5.41) is 30.9. The second kappa shape index (κ2) is 5.80. The molecular weight excluding hydrogens is 228 g/mol. The molecule has 1 heterocycles. The lowest BCUT2D eigenvalue weighted by Gasteiger charge is -2.16. The topological polar surface area (TPSA) is 139 Å². The lowest BCUT2D eigenvalue weighted by Crippen LogP contribution is -2.21. The van der Waals surface area contributed by atoms with Gasteiger partial charge < -0.3 is 15.3 Å². The van der Waals surface area contributed by atoms with E-state index in [1.54, 1.807) is 0 Å². The van der Waals surface area contributed by atoms with Crippen LogP contribution in [0.1, 0.15) is 22.2 Å². The molecule has 0 aliphatic heterocycles. The number of aromatic nitrogens is 1. The summed E-state index contributed by atoms with van der Waals surface area (Å²) in [6.07, 6.45) is -1.42. The molecule has 1 aromatic heterocycles. The minimum atomic E-state index is -1.33. The molecule has 1 rings (SSSR count). The van der Waals surface area contributed by atoms with Gasteiger partial charge in [0.05, 0.1) is 12.6 Å². The van der Waals surface area contributed by atoms with Crippen LogP contribution in [0.5, 0.6) is 0 Å². The quantitative estimate of drug-likeness (QED) is 0.389. The molecule has 8 heteroatoms. The second-order valence-electron chi connectivity index (χ2n) is 3.21. The molecule has 17 heavy (non-hydrogen) atoms. The van der Waals surface area contributed by atoms with Gasteiger partial charge in [-0.1, -0.05) is 5.11 Å². The van der Waals surface area contributed by atoms with E-state index in [1.807, 2.05) is 0 Å². The highest BCUT2D eigenvalue weighted by Crippen LogP contribution is 2.17. The number of pyridine rings is 1. The van der Waals surface area contributed by atoms with Crippen molar-refractivity contribution >= 4 is 5.97 Å². The number of aliphatic hydroxyl groups is 2. The van der Waals surface area contributed by atoms with Crippen LogP contribution in [-0.2, 0) is 0 Å². The van der Waals surface area contributed by atoms with E-state index in [0.717, 1.165) is 6.07 Å². The molecule has 3 N–H and O–H groups in total. The highest BCUT2D eigenvalue weighted by atomic mass is 16.4. The van der Waals surface area contributed by atoms with Crippen LogP contribution in [0.15, 0.2) is 23.4 Å². The highest BCUT2D eigenvalue weighted by Gasteiger charge is 2.19. The number of carboxylic acids is 1. The molecule has 1 aromatic rings. The Morgan fingerprint density at radius 1 is 1.59 bits per heavy atom. The molecule has 0 aliphatic carbocycles. The molecule has 0 fully saturated rings. The van der Waals surface area contributed by atoms with Gasteiger partial charge in [0.2, 0.25) is 0 Å². The minimum Gasteiger partial charge on any atom is -0.477 e. The monoisotopic (exact) mass is 238 g/mol. The zero-order chi connectivity index (χ0) is 12.8. The molecule has 0 saturated heterocycles. The number of carbonyl (C=O) groups is 1. The van der Waals surface area contributed by atoms with Crippen molar-refractivity contribution in [2.24, 2.45) is 5.11 Å². The summed E-state index contributed by atoms with van der Waals surface area (Å²) in [7, 11) is 0. The van der Waals surface area contributed by atoms with E-state index in [-0.39, 0.29) is 17.8 Å². The third-order valence-electron chi connectivity index (χ3n) is 2.04. The first-order valence-corrected chi connectivity index (χ1v) is 4.62. The summed E-state index contributed by atoms with van der Waals surface area (Å²) in [6, 6.07) is 2.52. The summed E-state index contributed by atoms with van der Waals surface area (Å²) in [4.78, 5) is 16.7. The van der Waals surface area contributed by atoms with Crippen LogP contribution in [0.25, 0.3) is 10.4 Å². The van der Waals surface area contributed by atoms with Crippen molar-refractivity contribution in [3.63, 3.8) is 0 Å². The van der Waals surface area contributed by atoms with Gasteiger partial charge in [0.25, 0.3) is 0 Å². The van der Waals surface area contributed by atoms with Gasteiger partial charge in [-0.05, 0) is 23.2 Å². The maximum atomic E-state index is 10.6. The zero-order valence-corrected chi connectivity index (χ0v) is 8.63. The Hall–Kier alpha value is -2.15. The third kappa shape index (κ3) is 3.42. The fraction of sp³-hybridized carbons (Fsp3) is 0.333. The van der Waals surface area contributed by atoms with Gasteiger partial charge in [-0.3, -0.25) is 0 Å². The lowest BCUT2D eigenvalue weighted by molar-refractivity contribution is 0.0242. The van der Waals surface area contributed by atoms with Gasteiger partial charge in [-0.15, -0.1) is 0 Å². The summed E-state index contributed by atoms with van der Waals surface area (Å²) in [5.74, 6) is -1.23. The van der Waals surface area contributed by atoms with E-state index in [4.69, 9.17) is 10.6 Å². The van der Waals surface area contributed by atoms with E-state index >= 15 is 0 Å². The van der Waals surface area contributed by atoms with Gasteiger partial charge in [-0.2, -0.15) is 0 Å². The van der Waals surface area contributed by atoms with E-state index in [1.165, 1.54) is 12.3 Å². The number of aromatic carboxylic acids is 1. The van der Waals surface area contributed by atoms with Gasteiger partial charge >= 0.3 is 5.97 Å². The molecule has 0 saturated carbocycles. The summed E-state index contributed by atoms with van der Waals surface area (Å²) >= 11 is 0. The Morgan fingerprint density at radius 2 is 2.29 bits per heavy atom. The molecule has 0 spiro atoms. The number of azide groups is 1. The molecule has 0 radical (unpaired) electrons. The van der Waals surface area contributed by atoms with Gasteiger partial charge in [0.15, 0.2) is 0 Å². The van der Waals surface area contributed by atoms with Crippen molar-refractivity contribution < 1.29 is 20.1 Å². The first kappa shape index (κ1) is 12.9. The number of hydrogen-bond acceptors (Lipinski definition) is 5. The van der Waals surface area contributed by atoms with Crippen molar-refractivity contribution in [3.05, 3.63) is 40.0 Å². The van der Waals surface area contributed by atoms with Gasteiger partial charge in [0, 0.05) is 11.1 Å². The fourth-order valence-electron chi connectivity index (χ4n) is 1.19. The fourth-order valence-corrected chi connectivity index (χ4v) is 1.19. The Labute approximate surface area is 95.8 Å². The van der Waals surface area contributed by atoms with Crippen LogP contribution < -0.4 is 0 Å². The highest BCUT2D eigenvalue weighted by molar-refractivity contribution is 5.85. The average molecular weight is 238 g/mol. The molecule has 0 aliphatic rings. The molecule has 0 aromatic carbocycles. The van der Waals surface area contributed by atoms with Crippen LogP contribution in [-0.4, -0.2) is 38.9 Å². The van der Waals surface area contributed by atoms with Crippen molar-refractivity contribution in [1.82, 2.24) is 4.98 Å². The molecule has 90 valence electrons. The first-order chi connectivity index (χ1) is 8.06. The van der Waals surface area contributed by atoms with E-state index in [0.29, 0.717) is 0 Å². The zero-order valence-electron chi connectivity index (χ0n) is 8.63. The maximum absolute atomic E-state index is 10.6. The van der Waals surface area contributed by atoms with Crippen molar-refractivity contribution in [3.8, 4) is 0 Å². The molecule has 0 amide bonds. The van der Waals surface area contributed by atoms with E-state index in [2.05, 4.69) is 15.0 Å². The van der Waals surface area contributed by atoms with E-state index in [9.17, 15) is 15.0 Å². The predicted molar refractivity (Wildman–Crippen MR) is 56.2 cm³/mol. The normalized spacial score (nSPS) is 13.5. The number of carboxylic acid groups (broad SMARTS) is 1. The lowest BCUT2D eigenvalue weighted by atomic mass is 10.0. The van der Waals surface area contributed by atoms with Crippen molar-refractivity contribution in [1.29, 1.82) is 0 Å². The number of nitrogens with zero attached hydrogens (tertiary/aromatic N) is 4. The SMILES string of the molecule is [N-]=[N+]=NCC(O)C(O)c1ccnc(C(=O)O)c1. The Morgan fingerprint density at radius 3 is 2.88 bits per heavy atom. The summed E-state index contributed by atoms with van der Waals surface area (Å²) in [6.45, 7) is -0.303. The summed E-state index contributed by atoms with van der Waals surface area (Å²) in [5.41, 5.74) is 8.02. The largest absolute Gasteiger partial charge is 0.477 e. The number of hydrogen-bond donors (Lipinski definition) is 3. The Bertz CT molecular complexity index is 458. The second-order valence-corrected chi connectivity index (χ2v) is 3.21. The standard InChI is InChI=1S/C9H10N4O4/c10-13-12-4-7(14)8(15)5-1-2-11-6(3-5)9(16)17/h1-3,7-8,14-15H,4H2,(H,16,17). The molecular formula is C9H10N4O4. The molecule has 2 unspecified atom stereocenters. The first-order valence-electron chi connectivity index (χ1n) is 4.62. The summed E-state index contributed by atoms with van der Waals surface area (Å²) < 4.78 is 0. The van der Waals surface area contributed by atoms with Crippen molar-refractivity contribution in [2.75, 3.05) is 6.54 Å². The predicted octanol–water partition coefficient (Wildman–Crippen LogP) is 0.484. The minimum absolute atomic E-state index is 0.193. The van der Waals surface area contributed by atoms with Crippen molar-refractivity contribution in [2.45, 2.75) is 12.2 Å². The van der Waals surface area contributed by atoms with Crippen LogP contribution in [0.3, 0.4) is 0 Å². The number of rotatable bonds is 5. The van der Waals surface area contributed by atoms with Crippen LogP contribution in [0.4, 0.5) is 0 Å². The maximum Gasteiger partial charge on any atom is 0.354 e. The van der Waals surface area contributed by atoms with Gasteiger partial charge in [0.1, 0.15) is 11.8 Å². The van der Waals surface area contributed by atoms with Crippen LogP contribution in [0, 0.1) is 0 Å². The number of aliphatic hydroxyl groups excluding tert-OH is 2. The van der Waals surface area contributed by atoms with Crippen LogP contribution >= 0.6 is 0 Å². The Kier molecular flexibility index (Phi) is 4.41. The molecule has 0 bridgehead atoms.